The first-order chi connectivity index (χ1) is 8.50. The molecule has 0 aliphatic rings. The maximum Gasteiger partial charge on any atom is 0.341 e. The van der Waals surface area contributed by atoms with E-state index >= 15 is 0 Å². The standard InChI is InChI=1S/C12H12N2O4/c1-7-3-8(2)14(5-9-4-13-18-6-9)11(15)10(7)12(16)17/h3-4,6H,5H2,1-2H3,(H,16,17). The molecule has 0 unspecified atom stereocenters. The van der Waals surface area contributed by atoms with Gasteiger partial charge in [-0.2, -0.15) is 0 Å². The highest BCUT2D eigenvalue weighted by molar-refractivity contribution is 5.88. The van der Waals surface area contributed by atoms with Crippen LogP contribution >= 0.6 is 0 Å². The summed E-state index contributed by atoms with van der Waals surface area (Å²) < 4.78 is 6.08. The number of aromatic carboxylic acids is 1. The summed E-state index contributed by atoms with van der Waals surface area (Å²) in [5.41, 5.74) is 1.16. The summed E-state index contributed by atoms with van der Waals surface area (Å²) in [4.78, 5) is 23.2. The van der Waals surface area contributed by atoms with E-state index in [1.807, 2.05) is 0 Å². The molecule has 0 aliphatic carbocycles. The average Bonchev–Trinajstić information content (AvgIpc) is 2.75. The molecular weight excluding hydrogens is 236 g/mol. The van der Waals surface area contributed by atoms with Crippen molar-refractivity contribution >= 4 is 5.97 Å². The molecule has 0 fully saturated rings. The van der Waals surface area contributed by atoms with Gasteiger partial charge in [-0.05, 0) is 25.5 Å². The van der Waals surface area contributed by atoms with E-state index in [1.165, 1.54) is 17.0 Å². The van der Waals surface area contributed by atoms with Gasteiger partial charge in [-0.1, -0.05) is 5.16 Å². The largest absolute Gasteiger partial charge is 0.477 e. The molecule has 2 aromatic heterocycles. The molecule has 0 bridgehead atoms. The van der Waals surface area contributed by atoms with Gasteiger partial charge in [0.1, 0.15) is 11.8 Å². The van der Waals surface area contributed by atoms with E-state index < -0.39 is 11.5 Å². The van der Waals surface area contributed by atoms with Crippen LogP contribution in [0.1, 0.15) is 27.2 Å². The molecule has 0 aliphatic heterocycles. The molecule has 2 rings (SSSR count). The number of nitrogens with zero attached hydrogens (tertiary/aromatic N) is 2. The van der Waals surface area contributed by atoms with E-state index in [0.717, 1.165) is 0 Å². The molecule has 0 atom stereocenters. The Morgan fingerprint density at radius 1 is 1.50 bits per heavy atom. The van der Waals surface area contributed by atoms with Crippen LogP contribution in [0.25, 0.3) is 0 Å². The summed E-state index contributed by atoms with van der Waals surface area (Å²) in [6.07, 6.45) is 2.92. The molecule has 18 heavy (non-hydrogen) atoms. The van der Waals surface area contributed by atoms with Crippen molar-refractivity contribution < 1.29 is 14.4 Å². The van der Waals surface area contributed by atoms with Crippen molar-refractivity contribution in [2.45, 2.75) is 20.4 Å². The summed E-state index contributed by atoms with van der Waals surface area (Å²) in [5, 5.41) is 12.6. The molecule has 2 heterocycles. The quantitative estimate of drug-likeness (QED) is 0.882. The number of hydrogen-bond donors (Lipinski definition) is 1. The molecule has 0 saturated heterocycles. The van der Waals surface area contributed by atoms with Gasteiger partial charge in [-0.3, -0.25) is 4.79 Å². The predicted octanol–water partition coefficient (Wildman–Crippen LogP) is 1.20. The van der Waals surface area contributed by atoms with E-state index in [0.29, 0.717) is 16.8 Å². The Balaban J connectivity index is 2.57. The third-order valence-corrected chi connectivity index (χ3v) is 2.74. The van der Waals surface area contributed by atoms with Gasteiger partial charge in [0, 0.05) is 11.3 Å². The lowest BCUT2D eigenvalue weighted by Crippen LogP contribution is -2.29. The second kappa shape index (κ2) is 4.48. The van der Waals surface area contributed by atoms with Gasteiger partial charge in [0.25, 0.3) is 5.56 Å². The van der Waals surface area contributed by atoms with Crippen LogP contribution in [0.5, 0.6) is 0 Å². The van der Waals surface area contributed by atoms with Crippen molar-refractivity contribution in [1.82, 2.24) is 9.72 Å². The zero-order valence-electron chi connectivity index (χ0n) is 10.0. The molecule has 94 valence electrons. The first-order valence-corrected chi connectivity index (χ1v) is 5.33. The average molecular weight is 248 g/mol. The second-order valence-electron chi connectivity index (χ2n) is 4.07. The lowest BCUT2D eigenvalue weighted by atomic mass is 10.1. The SMILES string of the molecule is Cc1cc(C)n(Cc2cnoc2)c(=O)c1C(=O)O. The van der Waals surface area contributed by atoms with Crippen molar-refractivity contribution in [3.63, 3.8) is 0 Å². The number of aryl methyl sites for hydroxylation is 2. The van der Waals surface area contributed by atoms with Gasteiger partial charge in [0.2, 0.25) is 0 Å². The zero-order valence-corrected chi connectivity index (χ0v) is 10.0. The molecule has 6 nitrogen and oxygen atoms in total. The topological polar surface area (TPSA) is 85.3 Å². The predicted molar refractivity (Wildman–Crippen MR) is 62.7 cm³/mol. The summed E-state index contributed by atoms with van der Waals surface area (Å²) in [6, 6.07) is 1.68. The Morgan fingerprint density at radius 2 is 2.22 bits per heavy atom. The molecular formula is C12H12N2O4. The first kappa shape index (κ1) is 12.1. The Morgan fingerprint density at radius 3 is 2.78 bits per heavy atom. The van der Waals surface area contributed by atoms with Crippen molar-refractivity contribution in [2.24, 2.45) is 0 Å². The van der Waals surface area contributed by atoms with Crippen LogP contribution in [0.15, 0.2) is 27.8 Å². The smallest absolute Gasteiger partial charge is 0.341 e. The number of rotatable bonds is 3. The Labute approximate surface area is 102 Å². The van der Waals surface area contributed by atoms with Crippen LogP contribution in [-0.2, 0) is 6.54 Å². The molecule has 6 heteroatoms. The lowest BCUT2D eigenvalue weighted by molar-refractivity contribution is 0.0693. The number of carboxylic acid groups (broad SMARTS) is 1. The Kier molecular flexibility index (Phi) is 3.01. The number of carbonyl (C=O) groups is 1. The molecule has 1 N–H and O–H groups in total. The number of hydrogen-bond acceptors (Lipinski definition) is 4. The minimum absolute atomic E-state index is 0.197. The molecule has 0 aromatic carbocycles. The molecule has 2 aromatic rings. The highest BCUT2D eigenvalue weighted by atomic mass is 16.5. The van der Waals surface area contributed by atoms with Gasteiger partial charge < -0.3 is 14.2 Å². The van der Waals surface area contributed by atoms with E-state index in [1.54, 1.807) is 19.9 Å². The van der Waals surface area contributed by atoms with Gasteiger partial charge in [-0.15, -0.1) is 0 Å². The third kappa shape index (κ3) is 2.04. The zero-order chi connectivity index (χ0) is 13.3. The van der Waals surface area contributed by atoms with Gasteiger partial charge in [-0.25, -0.2) is 4.79 Å². The van der Waals surface area contributed by atoms with Gasteiger partial charge >= 0.3 is 5.97 Å². The van der Waals surface area contributed by atoms with Crippen molar-refractivity contribution in [1.29, 1.82) is 0 Å². The monoisotopic (exact) mass is 248 g/mol. The summed E-state index contributed by atoms with van der Waals surface area (Å²) in [5.74, 6) is -1.21. The number of carboxylic acids is 1. The van der Waals surface area contributed by atoms with Crippen LogP contribution in [0.3, 0.4) is 0 Å². The Hall–Kier alpha value is -2.37. The minimum Gasteiger partial charge on any atom is -0.477 e. The number of pyridine rings is 1. The fourth-order valence-corrected chi connectivity index (χ4v) is 1.87. The lowest BCUT2D eigenvalue weighted by Gasteiger charge is -2.11. The fraction of sp³-hybridized carbons (Fsp3) is 0.250. The van der Waals surface area contributed by atoms with E-state index in [4.69, 9.17) is 5.11 Å². The Bertz CT molecular complexity index is 641. The van der Waals surface area contributed by atoms with E-state index in [-0.39, 0.29) is 12.1 Å². The molecule has 0 saturated carbocycles. The summed E-state index contributed by atoms with van der Waals surface area (Å²) in [7, 11) is 0. The van der Waals surface area contributed by atoms with Crippen molar-refractivity contribution in [3.05, 3.63) is 51.3 Å². The van der Waals surface area contributed by atoms with Crippen molar-refractivity contribution in [2.75, 3.05) is 0 Å². The minimum atomic E-state index is -1.21. The normalized spacial score (nSPS) is 10.6. The summed E-state index contributed by atoms with van der Waals surface area (Å²) in [6.45, 7) is 3.61. The van der Waals surface area contributed by atoms with E-state index in [2.05, 4.69) is 9.68 Å². The second-order valence-corrected chi connectivity index (χ2v) is 4.07. The summed E-state index contributed by atoms with van der Waals surface area (Å²) >= 11 is 0. The highest BCUT2D eigenvalue weighted by Gasteiger charge is 2.16. The van der Waals surface area contributed by atoms with E-state index in [9.17, 15) is 9.59 Å². The van der Waals surface area contributed by atoms with Crippen LogP contribution in [0.4, 0.5) is 0 Å². The number of aromatic nitrogens is 2. The van der Waals surface area contributed by atoms with Crippen LogP contribution in [0, 0.1) is 13.8 Å². The molecule has 0 amide bonds. The third-order valence-electron chi connectivity index (χ3n) is 2.74. The molecule has 0 spiro atoms. The fourth-order valence-electron chi connectivity index (χ4n) is 1.87. The first-order valence-electron chi connectivity index (χ1n) is 5.33. The maximum absolute atomic E-state index is 12.1. The van der Waals surface area contributed by atoms with Crippen LogP contribution in [-0.4, -0.2) is 20.8 Å². The van der Waals surface area contributed by atoms with Gasteiger partial charge in [0.15, 0.2) is 0 Å². The maximum atomic E-state index is 12.1. The molecule has 0 radical (unpaired) electrons. The highest BCUT2D eigenvalue weighted by Crippen LogP contribution is 2.08. The van der Waals surface area contributed by atoms with Gasteiger partial charge in [0.05, 0.1) is 12.7 Å². The van der Waals surface area contributed by atoms with Crippen molar-refractivity contribution in [3.8, 4) is 0 Å². The van der Waals surface area contributed by atoms with Crippen LogP contribution in [0.2, 0.25) is 0 Å². The van der Waals surface area contributed by atoms with Crippen LogP contribution < -0.4 is 5.56 Å².